The van der Waals surface area contributed by atoms with Gasteiger partial charge < -0.3 is 4.90 Å². The van der Waals surface area contributed by atoms with E-state index in [1.54, 1.807) is 0 Å². The van der Waals surface area contributed by atoms with E-state index >= 15 is 0 Å². The van der Waals surface area contributed by atoms with Gasteiger partial charge in [-0.15, -0.1) is 0 Å². The van der Waals surface area contributed by atoms with Crippen LogP contribution in [0.1, 0.15) is 43.1 Å². The van der Waals surface area contributed by atoms with Crippen molar-refractivity contribution in [2.24, 2.45) is 0 Å². The SMILES string of the molecule is CCC1CCCCN1C(=O)c1ccc(=O)[nH]n1. The minimum atomic E-state index is -0.285. The van der Waals surface area contributed by atoms with E-state index < -0.39 is 0 Å². The zero-order chi connectivity index (χ0) is 12.3. The first-order chi connectivity index (χ1) is 8.22. The zero-order valence-corrected chi connectivity index (χ0v) is 9.98. The van der Waals surface area contributed by atoms with Crippen LogP contribution in [0.4, 0.5) is 0 Å². The molecule has 1 aromatic rings. The van der Waals surface area contributed by atoms with Crippen molar-refractivity contribution in [1.29, 1.82) is 0 Å². The summed E-state index contributed by atoms with van der Waals surface area (Å²) in [5.41, 5.74) is 0.0391. The second-order valence-corrected chi connectivity index (χ2v) is 4.36. The highest BCUT2D eigenvalue weighted by atomic mass is 16.2. The van der Waals surface area contributed by atoms with Gasteiger partial charge in [-0.05, 0) is 31.7 Å². The van der Waals surface area contributed by atoms with Crippen molar-refractivity contribution >= 4 is 5.91 Å². The molecule has 5 nitrogen and oxygen atoms in total. The van der Waals surface area contributed by atoms with Crippen LogP contribution in [-0.2, 0) is 0 Å². The quantitative estimate of drug-likeness (QED) is 0.837. The van der Waals surface area contributed by atoms with E-state index in [4.69, 9.17) is 0 Å². The summed E-state index contributed by atoms with van der Waals surface area (Å²) in [6.07, 6.45) is 4.26. The molecule has 1 fully saturated rings. The van der Waals surface area contributed by atoms with Crippen LogP contribution in [0.15, 0.2) is 16.9 Å². The second-order valence-electron chi connectivity index (χ2n) is 4.36. The van der Waals surface area contributed by atoms with Crippen LogP contribution in [0.2, 0.25) is 0 Å². The van der Waals surface area contributed by atoms with Crippen LogP contribution >= 0.6 is 0 Å². The Hall–Kier alpha value is -1.65. The van der Waals surface area contributed by atoms with E-state index in [1.165, 1.54) is 18.6 Å². The van der Waals surface area contributed by atoms with Gasteiger partial charge in [0.2, 0.25) is 0 Å². The van der Waals surface area contributed by atoms with Crippen LogP contribution in [0, 0.1) is 0 Å². The summed E-state index contributed by atoms with van der Waals surface area (Å²) >= 11 is 0. The lowest BCUT2D eigenvalue weighted by molar-refractivity contribution is 0.0600. The minimum Gasteiger partial charge on any atom is -0.334 e. The number of hydrogen-bond donors (Lipinski definition) is 1. The highest BCUT2D eigenvalue weighted by molar-refractivity contribution is 5.92. The Balaban J connectivity index is 2.18. The molecule has 0 bridgehead atoms. The number of nitrogens with one attached hydrogen (secondary N) is 1. The van der Waals surface area contributed by atoms with E-state index in [-0.39, 0.29) is 11.5 Å². The van der Waals surface area contributed by atoms with Gasteiger partial charge in [0.15, 0.2) is 0 Å². The van der Waals surface area contributed by atoms with Crippen molar-refractivity contribution in [3.05, 3.63) is 28.2 Å². The monoisotopic (exact) mass is 235 g/mol. The molecular formula is C12H17N3O2. The van der Waals surface area contributed by atoms with E-state index in [2.05, 4.69) is 17.1 Å². The van der Waals surface area contributed by atoms with Crippen LogP contribution in [-0.4, -0.2) is 33.6 Å². The first kappa shape index (κ1) is 11.8. The maximum atomic E-state index is 12.2. The number of nitrogens with zero attached hydrogens (tertiary/aromatic N) is 2. The number of aromatic amines is 1. The Kier molecular flexibility index (Phi) is 3.56. The minimum absolute atomic E-state index is 0.0761. The molecule has 0 spiro atoms. The van der Waals surface area contributed by atoms with E-state index in [1.807, 2.05) is 4.90 Å². The molecular weight excluding hydrogens is 218 g/mol. The Morgan fingerprint density at radius 3 is 3.00 bits per heavy atom. The van der Waals surface area contributed by atoms with Gasteiger partial charge in [0.05, 0.1) is 0 Å². The number of aromatic nitrogens is 2. The number of H-pyrrole nitrogens is 1. The third-order valence-electron chi connectivity index (χ3n) is 3.26. The van der Waals surface area contributed by atoms with Crippen LogP contribution in [0.25, 0.3) is 0 Å². The average Bonchev–Trinajstić information content (AvgIpc) is 2.39. The molecule has 1 unspecified atom stereocenters. The van der Waals surface area contributed by atoms with Gasteiger partial charge in [-0.3, -0.25) is 9.59 Å². The molecule has 0 radical (unpaired) electrons. The van der Waals surface area contributed by atoms with Gasteiger partial charge in [0, 0.05) is 18.7 Å². The second kappa shape index (κ2) is 5.12. The fraction of sp³-hybridized carbons (Fsp3) is 0.583. The third kappa shape index (κ3) is 2.54. The molecule has 0 aliphatic carbocycles. The predicted octanol–water partition coefficient (Wildman–Crippen LogP) is 1.17. The fourth-order valence-corrected chi connectivity index (χ4v) is 2.30. The summed E-state index contributed by atoms with van der Waals surface area (Å²) in [6.45, 7) is 2.88. The van der Waals surface area contributed by atoms with Gasteiger partial charge in [0.25, 0.3) is 11.5 Å². The lowest BCUT2D eigenvalue weighted by Crippen LogP contribution is -2.43. The number of piperidine rings is 1. The molecule has 1 aliphatic rings. The van der Waals surface area contributed by atoms with Crippen molar-refractivity contribution < 1.29 is 4.79 Å². The standard InChI is InChI=1S/C12H17N3O2/c1-2-9-5-3-4-8-15(9)12(17)10-6-7-11(16)14-13-10/h6-7,9H,2-5,8H2,1H3,(H,14,16). The van der Waals surface area contributed by atoms with E-state index in [0.717, 1.165) is 25.8 Å². The molecule has 1 amide bonds. The molecule has 1 aromatic heterocycles. The zero-order valence-electron chi connectivity index (χ0n) is 9.98. The summed E-state index contributed by atoms with van der Waals surface area (Å²) in [5, 5.41) is 6.09. The fourth-order valence-electron chi connectivity index (χ4n) is 2.30. The van der Waals surface area contributed by atoms with Crippen LogP contribution < -0.4 is 5.56 Å². The number of amides is 1. The maximum Gasteiger partial charge on any atom is 0.274 e. The predicted molar refractivity (Wildman–Crippen MR) is 63.8 cm³/mol. The molecule has 0 aromatic carbocycles. The van der Waals surface area contributed by atoms with E-state index in [9.17, 15) is 9.59 Å². The molecule has 1 atom stereocenters. The number of carbonyl (C=O) groups is 1. The van der Waals surface area contributed by atoms with Crippen LogP contribution in [0.5, 0.6) is 0 Å². The number of hydrogen-bond acceptors (Lipinski definition) is 3. The molecule has 2 rings (SSSR count). The molecule has 1 N–H and O–H groups in total. The maximum absolute atomic E-state index is 12.2. The summed E-state index contributed by atoms with van der Waals surface area (Å²) in [5.74, 6) is -0.0761. The molecule has 0 saturated carbocycles. The first-order valence-electron chi connectivity index (χ1n) is 6.09. The molecule has 1 saturated heterocycles. The molecule has 5 heteroatoms. The van der Waals surface area contributed by atoms with Crippen molar-refractivity contribution in [2.45, 2.75) is 38.6 Å². The Labute approximate surface area is 99.8 Å². The normalized spacial score (nSPS) is 20.3. The highest BCUT2D eigenvalue weighted by Crippen LogP contribution is 2.20. The average molecular weight is 235 g/mol. The highest BCUT2D eigenvalue weighted by Gasteiger charge is 2.26. The smallest absolute Gasteiger partial charge is 0.274 e. The van der Waals surface area contributed by atoms with Crippen molar-refractivity contribution in [2.75, 3.05) is 6.54 Å². The van der Waals surface area contributed by atoms with Crippen molar-refractivity contribution in [3.63, 3.8) is 0 Å². The Morgan fingerprint density at radius 1 is 1.53 bits per heavy atom. The van der Waals surface area contributed by atoms with Crippen molar-refractivity contribution in [1.82, 2.24) is 15.1 Å². The summed E-state index contributed by atoms with van der Waals surface area (Å²) in [6, 6.07) is 3.14. The Morgan fingerprint density at radius 2 is 2.35 bits per heavy atom. The largest absolute Gasteiger partial charge is 0.334 e. The first-order valence-corrected chi connectivity index (χ1v) is 6.09. The van der Waals surface area contributed by atoms with Gasteiger partial charge >= 0.3 is 0 Å². The number of carbonyl (C=O) groups excluding carboxylic acids is 1. The number of likely N-dealkylation sites (tertiary alicyclic amines) is 1. The third-order valence-corrected chi connectivity index (χ3v) is 3.26. The van der Waals surface area contributed by atoms with Crippen LogP contribution in [0.3, 0.4) is 0 Å². The van der Waals surface area contributed by atoms with Gasteiger partial charge in [0.1, 0.15) is 5.69 Å². The molecule has 2 heterocycles. The number of rotatable bonds is 2. The molecule has 1 aliphatic heterocycles. The lowest BCUT2D eigenvalue weighted by atomic mass is 9.99. The topological polar surface area (TPSA) is 66.1 Å². The summed E-state index contributed by atoms with van der Waals surface area (Å²) < 4.78 is 0. The van der Waals surface area contributed by atoms with Crippen molar-refractivity contribution in [3.8, 4) is 0 Å². The van der Waals surface area contributed by atoms with Gasteiger partial charge in [-0.25, -0.2) is 5.10 Å². The summed E-state index contributed by atoms with van der Waals surface area (Å²) in [4.78, 5) is 25.0. The van der Waals surface area contributed by atoms with E-state index in [0.29, 0.717) is 11.7 Å². The van der Waals surface area contributed by atoms with Gasteiger partial charge in [-0.1, -0.05) is 6.92 Å². The molecule has 17 heavy (non-hydrogen) atoms. The summed E-state index contributed by atoms with van der Waals surface area (Å²) in [7, 11) is 0. The Bertz CT molecular complexity index is 435. The lowest BCUT2D eigenvalue weighted by Gasteiger charge is -2.34. The van der Waals surface area contributed by atoms with Gasteiger partial charge in [-0.2, -0.15) is 5.10 Å². The molecule has 92 valence electrons.